The van der Waals surface area contributed by atoms with Crippen molar-refractivity contribution in [1.29, 1.82) is 0 Å². The molecule has 0 aromatic heterocycles. The van der Waals surface area contributed by atoms with Crippen LogP contribution in [0.3, 0.4) is 0 Å². The number of hydrogen-bond acceptors (Lipinski definition) is 6. The largest absolute Gasteiger partial charge is 0.497 e. The number of methoxy groups -OCH3 is 1. The van der Waals surface area contributed by atoms with Gasteiger partial charge in [0.15, 0.2) is 0 Å². The van der Waals surface area contributed by atoms with Crippen LogP contribution in [0.5, 0.6) is 11.5 Å². The summed E-state index contributed by atoms with van der Waals surface area (Å²) in [6.45, 7) is 2.36. The van der Waals surface area contributed by atoms with Crippen LogP contribution >= 0.6 is 0 Å². The number of hydrogen-bond donors (Lipinski definition) is 1. The van der Waals surface area contributed by atoms with Crippen LogP contribution in [0.1, 0.15) is 12.5 Å². The molecule has 2 amide bonds. The molecule has 4 rings (SSSR count). The Balaban J connectivity index is 1.76. The fourth-order valence-corrected chi connectivity index (χ4v) is 3.77. The lowest BCUT2D eigenvalue weighted by atomic mass is 10.0. The second-order valence-corrected chi connectivity index (χ2v) is 7.92. The summed E-state index contributed by atoms with van der Waals surface area (Å²) < 4.78 is 10.8. The zero-order chi connectivity index (χ0) is 24.2. The SMILES string of the molecule is CCOc1cccc(N2C(=O)C(Nc3ccc(N(C)C)cc3)=C(c3ccc(OC)cc3)C2=O)c1. The molecule has 0 atom stereocenters. The number of carbonyl (C=O) groups excluding carboxylic acids is 2. The second kappa shape index (κ2) is 9.70. The van der Waals surface area contributed by atoms with E-state index in [1.807, 2.05) is 50.2 Å². The number of nitrogens with one attached hydrogen (secondary N) is 1. The number of ether oxygens (including phenoxy) is 2. The van der Waals surface area contributed by atoms with Crippen LogP contribution in [0.25, 0.3) is 5.57 Å². The van der Waals surface area contributed by atoms with Gasteiger partial charge < -0.3 is 19.7 Å². The summed E-state index contributed by atoms with van der Waals surface area (Å²) in [7, 11) is 5.50. The number of rotatable bonds is 8. The molecule has 3 aromatic rings. The summed E-state index contributed by atoms with van der Waals surface area (Å²) in [5.41, 5.74) is 3.32. The highest BCUT2D eigenvalue weighted by Gasteiger charge is 2.40. The van der Waals surface area contributed by atoms with Crippen molar-refractivity contribution >= 4 is 34.4 Å². The molecule has 7 nitrogen and oxygen atoms in total. The van der Waals surface area contributed by atoms with Gasteiger partial charge in [0.25, 0.3) is 11.8 Å². The monoisotopic (exact) mass is 457 g/mol. The maximum atomic E-state index is 13.6. The summed E-state index contributed by atoms with van der Waals surface area (Å²) in [5.74, 6) is 0.417. The molecule has 0 spiro atoms. The molecule has 0 bridgehead atoms. The molecule has 1 N–H and O–H groups in total. The Labute approximate surface area is 199 Å². The van der Waals surface area contributed by atoms with Crippen molar-refractivity contribution < 1.29 is 19.1 Å². The van der Waals surface area contributed by atoms with Crippen molar-refractivity contribution in [2.75, 3.05) is 42.9 Å². The summed E-state index contributed by atoms with van der Waals surface area (Å²) >= 11 is 0. The van der Waals surface area contributed by atoms with Gasteiger partial charge in [-0.05, 0) is 61.0 Å². The smallest absolute Gasteiger partial charge is 0.282 e. The summed E-state index contributed by atoms with van der Waals surface area (Å²) in [4.78, 5) is 30.4. The van der Waals surface area contributed by atoms with E-state index in [4.69, 9.17) is 9.47 Å². The highest BCUT2D eigenvalue weighted by Crippen LogP contribution is 2.35. The predicted molar refractivity (Wildman–Crippen MR) is 134 cm³/mol. The van der Waals surface area contributed by atoms with Crippen LogP contribution in [-0.4, -0.2) is 39.6 Å². The molecule has 0 unspecified atom stereocenters. The molecular formula is C27H27N3O4. The van der Waals surface area contributed by atoms with Crippen LogP contribution in [0.4, 0.5) is 17.1 Å². The molecule has 0 fully saturated rings. The lowest BCUT2D eigenvalue weighted by Crippen LogP contribution is -2.32. The third-order valence-electron chi connectivity index (χ3n) is 5.50. The normalized spacial score (nSPS) is 13.4. The zero-order valence-electron chi connectivity index (χ0n) is 19.7. The molecule has 1 aliphatic rings. The first kappa shape index (κ1) is 22.9. The predicted octanol–water partition coefficient (Wildman–Crippen LogP) is 4.56. The van der Waals surface area contributed by atoms with E-state index in [0.29, 0.717) is 40.6 Å². The van der Waals surface area contributed by atoms with E-state index in [2.05, 4.69) is 5.32 Å². The van der Waals surface area contributed by atoms with Gasteiger partial charge in [-0.2, -0.15) is 0 Å². The highest BCUT2D eigenvalue weighted by atomic mass is 16.5. The topological polar surface area (TPSA) is 71.1 Å². The van der Waals surface area contributed by atoms with E-state index in [1.165, 1.54) is 4.90 Å². The Morgan fingerprint density at radius 1 is 0.882 bits per heavy atom. The minimum atomic E-state index is -0.429. The van der Waals surface area contributed by atoms with Crippen molar-refractivity contribution in [3.8, 4) is 11.5 Å². The first-order valence-electron chi connectivity index (χ1n) is 11.0. The molecule has 1 heterocycles. The van der Waals surface area contributed by atoms with Crippen LogP contribution in [0.2, 0.25) is 0 Å². The van der Waals surface area contributed by atoms with E-state index < -0.39 is 11.8 Å². The third kappa shape index (κ3) is 4.45. The Morgan fingerprint density at radius 2 is 1.59 bits per heavy atom. The van der Waals surface area contributed by atoms with Crippen LogP contribution in [0.15, 0.2) is 78.5 Å². The molecule has 1 aliphatic heterocycles. The minimum Gasteiger partial charge on any atom is -0.497 e. The zero-order valence-corrected chi connectivity index (χ0v) is 19.7. The Kier molecular flexibility index (Phi) is 6.54. The molecule has 174 valence electrons. The first-order valence-corrected chi connectivity index (χ1v) is 11.0. The molecule has 0 saturated heterocycles. The van der Waals surface area contributed by atoms with Crippen molar-refractivity contribution in [2.24, 2.45) is 0 Å². The molecule has 34 heavy (non-hydrogen) atoms. The fraction of sp³-hybridized carbons (Fsp3) is 0.185. The van der Waals surface area contributed by atoms with Crippen molar-refractivity contribution in [2.45, 2.75) is 6.92 Å². The Hall–Kier alpha value is -4.26. The fourth-order valence-electron chi connectivity index (χ4n) is 3.77. The summed E-state index contributed by atoms with van der Waals surface area (Å²) in [5, 5.41) is 3.19. The standard InChI is InChI=1S/C27H27N3O4/c1-5-34-23-8-6-7-21(17-23)30-26(31)24(18-9-15-22(33-4)16-10-18)25(27(30)32)28-19-11-13-20(14-12-19)29(2)3/h6-17,28H,5H2,1-4H3. The van der Waals surface area contributed by atoms with Gasteiger partial charge in [-0.25, -0.2) is 4.90 Å². The molecule has 0 radical (unpaired) electrons. The van der Waals surface area contributed by atoms with Gasteiger partial charge in [-0.1, -0.05) is 18.2 Å². The summed E-state index contributed by atoms with van der Waals surface area (Å²) in [6.07, 6.45) is 0. The molecule has 7 heteroatoms. The average molecular weight is 458 g/mol. The number of amides is 2. The maximum Gasteiger partial charge on any atom is 0.282 e. The van der Waals surface area contributed by atoms with Gasteiger partial charge in [0, 0.05) is 31.5 Å². The van der Waals surface area contributed by atoms with Gasteiger partial charge in [0.05, 0.1) is 25.0 Å². The van der Waals surface area contributed by atoms with E-state index in [0.717, 1.165) is 5.69 Å². The van der Waals surface area contributed by atoms with Gasteiger partial charge in [-0.3, -0.25) is 9.59 Å². The number of nitrogens with zero attached hydrogens (tertiary/aromatic N) is 2. The molecule has 3 aromatic carbocycles. The van der Waals surface area contributed by atoms with Gasteiger partial charge in [0.2, 0.25) is 0 Å². The van der Waals surface area contributed by atoms with Gasteiger partial charge in [-0.15, -0.1) is 0 Å². The van der Waals surface area contributed by atoms with E-state index in [-0.39, 0.29) is 5.70 Å². The maximum absolute atomic E-state index is 13.6. The van der Waals surface area contributed by atoms with Crippen molar-refractivity contribution in [1.82, 2.24) is 0 Å². The molecular weight excluding hydrogens is 430 g/mol. The number of carbonyl (C=O) groups is 2. The number of imide groups is 1. The first-order chi connectivity index (χ1) is 16.4. The van der Waals surface area contributed by atoms with Gasteiger partial charge in [0.1, 0.15) is 17.2 Å². The summed E-state index contributed by atoms with van der Waals surface area (Å²) in [6, 6.07) is 21.7. The number of anilines is 3. The van der Waals surface area contributed by atoms with Crippen LogP contribution < -0.4 is 24.6 Å². The quantitative estimate of drug-likeness (QED) is 0.500. The average Bonchev–Trinajstić information content (AvgIpc) is 3.09. The Bertz CT molecular complexity index is 1230. The number of benzene rings is 3. The van der Waals surface area contributed by atoms with E-state index in [9.17, 15) is 9.59 Å². The molecule has 0 aliphatic carbocycles. The van der Waals surface area contributed by atoms with E-state index >= 15 is 0 Å². The minimum absolute atomic E-state index is 0.217. The van der Waals surface area contributed by atoms with E-state index in [1.54, 1.807) is 55.6 Å². The van der Waals surface area contributed by atoms with Crippen molar-refractivity contribution in [3.05, 3.63) is 84.1 Å². The highest BCUT2D eigenvalue weighted by molar-refractivity contribution is 6.46. The van der Waals surface area contributed by atoms with Gasteiger partial charge >= 0.3 is 0 Å². The Morgan fingerprint density at radius 3 is 2.21 bits per heavy atom. The third-order valence-corrected chi connectivity index (χ3v) is 5.50. The lowest BCUT2D eigenvalue weighted by molar-refractivity contribution is -0.120. The second-order valence-electron chi connectivity index (χ2n) is 7.92. The van der Waals surface area contributed by atoms with Crippen molar-refractivity contribution in [3.63, 3.8) is 0 Å². The lowest BCUT2D eigenvalue weighted by Gasteiger charge is -2.17. The molecule has 0 saturated carbocycles. The van der Waals surface area contributed by atoms with Crippen LogP contribution in [0, 0.1) is 0 Å². The van der Waals surface area contributed by atoms with Crippen LogP contribution in [-0.2, 0) is 9.59 Å².